The Labute approximate surface area is 116 Å². The summed E-state index contributed by atoms with van der Waals surface area (Å²) < 4.78 is 6.66. The highest BCUT2D eigenvalue weighted by Crippen LogP contribution is 2.33. The van der Waals surface area contributed by atoms with E-state index in [1.54, 1.807) is 7.11 Å². The Hall–Kier alpha value is -2.35. The van der Waals surface area contributed by atoms with Crippen LogP contribution in [0.15, 0.2) is 21.0 Å². The number of imidazole rings is 1. The Morgan fingerprint density at radius 2 is 2.20 bits per heavy atom. The molecule has 0 radical (unpaired) electrons. The summed E-state index contributed by atoms with van der Waals surface area (Å²) in [5.41, 5.74) is -0.284. The summed E-state index contributed by atoms with van der Waals surface area (Å²) in [5.74, 6) is 1.20. The SMILES string of the molecule is CCn1c(=O)[nH]c(=O)c2[nH]c(-c3sccc3OC)nc21. The van der Waals surface area contributed by atoms with Crippen LogP contribution in [0.4, 0.5) is 0 Å². The molecule has 0 spiro atoms. The van der Waals surface area contributed by atoms with Crippen LogP contribution >= 0.6 is 11.3 Å². The second kappa shape index (κ2) is 4.64. The van der Waals surface area contributed by atoms with Gasteiger partial charge in [-0.15, -0.1) is 11.3 Å². The van der Waals surface area contributed by atoms with E-state index in [2.05, 4.69) is 15.0 Å². The third kappa shape index (κ3) is 1.76. The van der Waals surface area contributed by atoms with Crippen molar-refractivity contribution < 1.29 is 4.74 Å². The molecule has 104 valence electrons. The van der Waals surface area contributed by atoms with Crippen LogP contribution in [0.2, 0.25) is 0 Å². The van der Waals surface area contributed by atoms with Crippen molar-refractivity contribution in [2.75, 3.05) is 7.11 Å². The lowest BCUT2D eigenvalue weighted by atomic mass is 10.4. The molecule has 0 aliphatic rings. The number of rotatable bonds is 3. The van der Waals surface area contributed by atoms with Gasteiger partial charge in [-0.3, -0.25) is 14.3 Å². The maximum Gasteiger partial charge on any atom is 0.330 e. The molecule has 3 heterocycles. The van der Waals surface area contributed by atoms with Gasteiger partial charge in [-0.05, 0) is 18.4 Å². The average Bonchev–Trinajstić information content (AvgIpc) is 3.04. The Balaban J connectivity index is 2.33. The van der Waals surface area contributed by atoms with Crippen LogP contribution in [0.25, 0.3) is 21.9 Å². The van der Waals surface area contributed by atoms with Crippen LogP contribution in [0.5, 0.6) is 5.75 Å². The molecule has 3 aromatic heterocycles. The Morgan fingerprint density at radius 3 is 2.90 bits per heavy atom. The van der Waals surface area contributed by atoms with Crippen LogP contribution in [-0.2, 0) is 6.54 Å². The summed E-state index contributed by atoms with van der Waals surface area (Å²) in [7, 11) is 1.57. The van der Waals surface area contributed by atoms with Gasteiger partial charge in [-0.2, -0.15) is 0 Å². The quantitative estimate of drug-likeness (QED) is 0.758. The summed E-state index contributed by atoms with van der Waals surface area (Å²) in [6.45, 7) is 2.25. The zero-order valence-electron chi connectivity index (χ0n) is 10.9. The minimum atomic E-state index is -0.469. The first-order valence-electron chi connectivity index (χ1n) is 6.00. The van der Waals surface area contributed by atoms with E-state index in [1.807, 2.05) is 18.4 Å². The summed E-state index contributed by atoms with van der Waals surface area (Å²) in [4.78, 5) is 34.0. The van der Waals surface area contributed by atoms with Crippen molar-refractivity contribution in [3.63, 3.8) is 0 Å². The number of nitrogens with zero attached hydrogens (tertiary/aromatic N) is 2. The maximum absolute atomic E-state index is 11.8. The first kappa shape index (κ1) is 12.7. The monoisotopic (exact) mass is 292 g/mol. The van der Waals surface area contributed by atoms with Gasteiger partial charge in [0.15, 0.2) is 11.5 Å². The van der Waals surface area contributed by atoms with Gasteiger partial charge in [0.05, 0.1) is 7.11 Å². The van der Waals surface area contributed by atoms with Crippen LogP contribution in [-0.4, -0.2) is 26.6 Å². The zero-order chi connectivity index (χ0) is 14.3. The number of aromatic nitrogens is 4. The first-order chi connectivity index (χ1) is 9.65. The molecule has 3 aromatic rings. The molecule has 0 amide bonds. The lowest BCUT2D eigenvalue weighted by molar-refractivity contribution is 0.418. The highest BCUT2D eigenvalue weighted by atomic mass is 32.1. The van der Waals surface area contributed by atoms with Gasteiger partial charge in [-0.25, -0.2) is 9.78 Å². The number of fused-ring (bicyclic) bond motifs is 1. The summed E-state index contributed by atoms with van der Waals surface area (Å²) in [6.07, 6.45) is 0. The molecule has 0 fully saturated rings. The first-order valence-corrected chi connectivity index (χ1v) is 6.88. The normalized spacial score (nSPS) is 11.1. The molecule has 8 heteroatoms. The van der Waals surface area contributed by atoms with Gasteiger partial charge in [-0.1, -0.05) is 0 Å². The molecule has 2 N–H and O–H groups in total. The topological polar surface area (TPSA) is 92.8 Å². The molecule has 7 nitrogen and oxygen atoms in total. The fourth-order valence-corrected chi connectivity index (χ4v) is 2.88. The fraction of sp³-hybridized carbons (Fsp3) is 0.250. The van der Waals surface area contributed by atoms with Gasteiger partial charge in [0, 0.05) is 6.54 Å². The predicted molar refractivity (Wildman–Crippen MR) is 76.5 cm³/mol. The molecule has 0 unspecified atom stereocenters. The van der Waals surface area contributed by atoms with Crippen LogP contribution < -0.4 is 16.0 Å². The van der Waals surface area contributed by atoms with Crippen molar-refractivity contribution in [1.29, 1.82) is 0 Å². The number of H-pyrrole nitrogens is 2. The number of aryl methyl sites for hydroxylation is 1. The minimum absolute atomic E-state index is 0.289. The van der Waals surface area contributed by atoms with E-state index in [0.717, 1.165) is 4.88 Å². The number of hydrogen-bond donors (Lipinski definition) is 2. The minimum Gasteiger partial charge on any atom is -0.495 e. The van der Waals surface area contributed by atoms with Crippen LogP contribution in [0.3, 0.4) is 0 Å². The molecule has 0 aliphatic heterocycles. The van der Waals surface area contributed by atoms with E-state index in [0.29, 0.717) is 23.8 Å². The number of hydrogen-bond acceptors (Lipinski definition) is 5. The molecule has 0 aliphatic carbocycles. The van der Waals surface area contributed by atoms with E-state index >= 15 is 0 Å². The van der Waals surface area contributed by atoms with Crippen molar-refractivity contribution in [2.24, 2.45) is 0 Å². The van der Waals surface area contributed by atoms with Gasteiger partial charge in [0.25, 0.3) is 5.56 Å². The average molecular weight is 292 g/mol. The lowest BCUT2D eigenvalue weighted by Gasteiger charge is -2.00. The Morgan fingerprint density at radius 1 is 1.40 bits per heavy atom. The summed E-state index contributed by atoms with van der Waals surface area (Å²) >= 11 is 1.45. The number of ether oxygens (including phenoxy) is 1. The molecule has 3 rings (SSSR count). The van der Waals surface area contributed by atoms with Crippen molar-refractivity contribution >= 4 is 22.5 Å². The number of thiophene rings is 1. The maximum atomic E-state index is 11.8. The highest BCUT2D eigenvalue weighted by Gasteiger charge is 2.16. The number of methoxy groups -OCH3 is 1. The van der Waals surface area contributed by atoms with Crippen LogP contribution in [0, 0.1) is 0 Å². The molecule has 0 saturated heterocycles. The van der Waals surface area contributed by atoms with Gasteiger partial charge in [0.1, 0.15) is 16.1 Å². The van der Waals surface area contributed by atoms with Crippen molar-refractivity contribution in [2.45, 2.75) is 13.5 Å². The standard InChI is InChI=1S/C12H12N4O3S/c1-3-16-10-7(11(17)15-12(16)18)13-9(14-10)8-6(19-2)4-5-20-8/h4-5H,3H2,1-2H3,(H,13,14)(H,15,17,18). The second-order valence-corrected chi connectivity index (χ2v) is 5.02. The molecule has 20 heavy (non-hydrogen) atoms. The molecule has 0 bridgehead atoms. The third-order valence-corrected chi connectivity index (χ3v) is 3.92. The van der Waals surface area contributed by atoms with E-state index in [1.165, 1.54) is 15.9 Å². The molecular weight excluding hydrogens is 280 g/mol. The summed E-state index contributed by atoms with van der Waals surface area (Å²) in [5, 5.41) is 1.87. The van der Waals surface area contributed by atoms with Crippen molar-refractivity contribution in [3.8, 4) is 16.5 Å². The Bertz CT molecular complexity index is 886. The predicted octanol–water partition coefficient (Wildman–Crippen LogP) is 1.17. The van der Waals surface area contributed by atoms with Gasteiger partial charge >= 0.3 is 5.69 Å². The smallest absolute Gasteiger partial charge is 0.330 e. The van der Waals surface area contributed by atoms with Gasteiger partial charge < -0.3 is 9.72 Å². The number of aromatic amines is 2. The van der Waals surface area contributed by atoms with Crippen molar-refractivity contribution in [1.82, 2.24) is 19.5 Å². The molecule has 0 saturated carbocycles. The molecule has 0 aromatic carbocycles. The zero-order valence-corrected chi connectivity index (χ0v) is 11.7. The molecule has 0 atom stereocenters. The highest BCUT2D eigenvalue weighted by molar-refractivity contribution is 7.13. The lowest BCUT2D eigenvalue weighted by Crippen LogP contribution is -2.29. The summed E-state index contributed by atoms with van der Waals surface area (Å²) in [6, 6.07) is 1.82. The van der Waals surface area contributed by atoms with Crippen LogP contribution in [0.1, 0.15) is 6.92 Å². The number of nitrogens with one attached hydrogen (secondary N) is 2. The van der Waals surface area contributed by atoms with E-state index < -0.39 is 11.2 Å². The Kier molecular flexibility index (Phi) is 2.94. The largest absolute Gasteiger partial charge is 0.495 e. The van der Waals surface area contributed by atoms with E-state index in [4.69, 9.17) is 4.74 Å². The van der Waals surface area contributed by atoms with E-state index in [-0.39, 0.29) is 5.52 Å². The molecular formula is C12H12N4O3S. The third-order valence-electron chi connectivity index (χ3n) is 3.01. The van der Waals surface area contributed by atoms with Gasteiger partial charge in [0.2, 0.25) is 0 Å². The second-order valence-electron chi connectivity index (χ2n) is 4.11. The van der Waals surface area contributed by atoms with Crippen molar-refractivity contribution in [3.05, 3.63) is 32.3 Å². The fourth-order valence-electron chi connectivity index (χ4n) is 2.07. The van der Waals surface area contributed by atoms with E-state index in [9.17, 15) is 9.59 Å².